The molecule has 0 aliphatic heterocycles. The predicted molar refractivity (Wildman–Crippen MR) is 86.7 cm³/mol. The first-order chi connectivity index (χ1) is 10.2. The summed E-state index contributed by atoms with van der Waals surface area (Å²) in [6.45, 7) is 5.62. The number of thiophene rings is 1. The number of hydrogen-bond acceptors (Lipinski definition) is 3. The normalized spacial score (nSPS) is 10.4. The van der Waals surface area contributed by atoms with Crippen molar-refractivity contribution in [2.45, 2.75) is 26.8 Å². The molecule has 3 nitrogen and oxygen atoms in total. The van der Waals surface area contributed by atoms with Crippen molar-refractivity contribution in [2.75, 3.05) is 13.2 Å². The summed E-state index contributed by atoms with van der Waals surface area (Å²) in [4.78, 5) is 15.4. The number of ether oxygens (including phenoxy) is 1. The second-order valence-corrected chi connectivity index (χ2v) is 6.03. The lowest BCUT2D eigenvalue weighted by molar-refractivity contribution is -0.134. The van der Waals surface area contributed by atoms with E-state index in [9.17, 15) is 4.79 Å². The third-order valence-electron chi connectivity index (χ3n) is 3.16. The van der Waals surface area contributed by atoms with E-state index in [2.05, 4.69) is 13.0 Å². The lowest BCUT2D eigenvalue weighted by Gasteiger charge is -2.21. The van der Waals surface area contributed by atoms with Crippen LogP contribution < -0.4 is 4.74 Å². The van der Waals surface area contributed by atoms with E-state index in [4.69, 9.17) is 4.74 Å². The van der Waals surface area contributed by atoms with Crippen LogP contribution in [-0.4, -0.2) is 24.0 Å². The van der Waals surface area contributed by atoms with E-state index < -0.39 is 0 Å². The molecule has 1 aromatic heterocycles. The maximum absolute atomic E-state index is 12.3. The van der Waals surface area contributed by atoms with E-state index in [1.165, 1.54) is 10.4 Å². The van der Waals surface area contributed by atoms with Gasteiger partial charge in [0.25, 0.3) is 5.91 Å². The highest BCUT2D eigenvalue weighted by Crippen LogP contribution is 2.14. The third-order valence-corrected chi connectivity index (χ3v) is 4.02. The predicted octanol–water partition coefficient (Wildman–Crippen LogP) is 3.87. The minimum atomic E-state index is 0.0332. The minimum Gasteiger partial charge on any atom is -0.484 e. The molecule has 0 aliphatic rings. The van der Waals surface area contributed by atoms with Gasteiger partial charge in [-0.2, -0.15) is 0 Å². The van der Waals surface area contributed by atoms with Gasteiger partial charge in [0.2, 0.25) is 0 Å². The van der Waals surface area contributed by atoms with Gasteiger partial charge in [-0.05, 0) is 36.9 Å². The lowest BCUT2D eigenvalue weighted by atomic mass is 10.2. The molecule has 0 bridgehead atoms. The molecule has 112 valence electrons. The number of rotatable bonds is 7. The van der Waals surface area contributed by atoms with Crippen molar-refractivity contribution in [3.8, 4) is 5.75 Å². The summed E-state index contributed by atoms with van der Waals surface area (Å²) in [5.41, 5.74) is 1.18. The molecule has 2 aromatic rings. The van der Waals surface area contributed by atoms with E-state index in [-0.39, 0.29) is 12.5 Å². The topological polar surface area (TPSA) is 29.5 Å². The Balaban J connectivity index is 1.90. The van der Waals surface area contributed by atoms with Crippen molar-refractivity contribution in [1.29, 1.82) is 0 Å². The van der Waals surface area contributed by atoms with Crippen molar-refractivity contribution in [3.05, 3.63) is 52.2 Å². The van der Waals surface area contributed by atoms with Gasteiger partial charge in [0.1, 0.15) is 5.75 Å². The number of carbonyl (C=O) groups is 1. The molecule has 2 rings (SSSR count). The summed E-state index contributed by atoms with van der Waals surface area (Å²) < 4.78 is 5.58. The summed E-state index contributed by atoms with van der Waals surface area (Å²) in [6.07, 6.45) is 0.946. The SMILES string of the molecule is CCCN(Cc1cccs1)C(=O)COc1ccc(C)cc1. The average Bonchev–Trinajstić information content (AvgIpc) is 2.99. The van der Waals surface area contributed by atoms with Crippen molar-refractivity contribution in [1.82, 2.24) is 4.90 Å². The van der Waals surface area contributed by atoms with Crippen LogP contribution in [0.4, 0.5) is 0 Å². The van der Waals surface area contributed by atoms with Crippen molar-refractivity contribution < 1.29 is 9.53 Å². The molecular weight excluding hydrogens is 282 g/mol. The largest absolute Gasteiger partial charge is 0.484 e. The van der Waals surface area contributed by atoms with Crippen LogP contribution in [-0.2, 0) is 11.3 Å². The third kappa shape index (κ3) is 4.90. The smallest absolute Gasteiger partial charge is 0.260 e. The first-order valence-electron chi connectivity index (χ1n) is 7.18. The number of hydrogen-bond donors (Lipinski definition) is 0. The second kappa shape index (κ2) is 7.84. The summed E-state index contributed by atoms with van der Waals surface area (Å²) >= 11 is 1.68. The van der Waals surface area contributed by atoms with Crippen LogP contribution in [0.15, 0.2) is 41.8 Å². The fraction of sp³-hybridized carbons (Fsp3) is 0.353. The molecule has 21 heavy (non-hydrogen) atoms. The Labute approximate surface area is 130 Å². The number of amides is 1. The van der Waals surface area contributed by atoms with Gasteiger partial charge in [-0.1, -0.05) is 30.7 Å². The lowest BCUT2D eigenvalue weighted by Crippen LogP contribution is -2.34. The van der Waals surface area contributed by atoms with Crippen molar-refractivity contribution in [3.63, 3.8) is 0 Å². The summed E-state index contributed by atoms with van der Waals surface area (Å²) in [5, 5.41) is 2.03. The maximum atomic E-state index is 12.3. The van der Waals surface area contributed by atoms with Crippen molar-refractivity contribution >= 4 is 17.2 Å². The van der Waals surface area contributed by atoms with Crippen LogP contribution in [0.1, 0.15) is 23.8 Å². The first-order valence-corrected chi connectivity index (χ1v) is 8.06. The Hall–Kier alpha value is -1.81. The zero-order chi connectivity index (χ0) is 15.1. The second-order valence-electron chi connectivity index (χ2n) is 5.00. The molecule has 0 radical (unpaired) electrons. The highest BCUT2D eigenvalue weighted by molar-refractivity contribution is 7.09. The van der Waals surface area contributed by atoms with E-state index in [0.29, 0.717) is 6.54 Å². The molecule has 4 heteroatoms. The molecule has 1 heterocycles. The van der Waals surface area contributed by atoms with E-state index in [1.54, 1.807) is 11.3 Å². The first kappa shape index (κ1) is 15.6. The standard InChI is InChI=1S/C17H21NO2S/c1-3-10-18(12-16-5-4-11-21-16)17(19)13-20-15-8-6-14(2)7-9-15/h4-9,11H,3,10,12-13H2,1-2H3. The molecule has 0 fully saturated rings. The number of nitrogens with zero attached hydrogens (tertiary/aromatic N) is 1. The fourth-order valence-corrected chi connectivity index (χ4v) is 2.74. The molecule has 0 spiro atoms. The van der Waals surface area contributed by atoms with Crippen LogP contribution >= 0.6 is 11.3 Å². The molecule has 0 N–H and O–H groups in total. The summed E-state index contributed by atoms with van der Waals surface area (Å²) in [5.74, 6) is 0.771. The minimum absolute atomic E-state index is 0.0332. The Bertz CT molecular complexity index is 549. The quantitative estimate of drug-likeness (QED) is 0.777. The molecule has 0 saturated carbocycles. The van der Waals surface area contributed by atoms with Crippen LogP contribution in [0.5, 0.6) is 5.75 Å². The Morgan fingerprint density at radius 3 is 2.62 bits per heavy atom. The van der Waals surface area contributed by atoms with Crippen LogP contribution in [0.3, 0.4) is 0 Å². The van der Waals surface area contributed by atoms with Gasteiger partial charge in [-0.25, -0.2) is 0 Å². The number of aryl methyl sites for hydroxylation is 1. The van der Waals surface area contributed by atoms with Gasteiger partial charge in [0.05, 0.1) is 6.54 Å². The molecule has 1 aromatic carbocycles. The zero-order valence-corrected chi connectivity index (χ0v) is 13.4. The van der Waals surface area contributed by atoms with E-state index in [0.717, 1.165) is 18.7 Å². The highest BCUT2D eigenvalue weighted by atomic mass is 32.1. The maximum Gasteiger partial charge on any atom is 0.260 e. The molecular formula is C17H21NO2S. The van der Waals surface area contributed by atoms with E-state index >= 15 is 0 Å². The fourth-order valence-electron chi connectivity index (χ4n) is 2.02. The van der Waals surface area contributed by atoms with Gasteiger partial charge < -0.3 is 9.64 Å². The van der Waals surface area contributed by atoms with Crippen LogP contribution in [0, 0.1) is 6.92 Å². The Kier molecular flexibility index (Phi) is 5.81. The molecule has 0 saturated heterocycles. The van der Waals surface area contributed by atoms with Crippen molar-refractivity contribution in [2.24, 2.45) is 0 Å². The Morgan fingerprint density at radius 1 is 1.24 bits per heavy atom. The Morgan fingerprint density at radius 2 is 2.00 bits per heavy atom. The number of benzene rings is 1. The molecule has 1 amide bonds. The average molecular weight is 303 g/mol. The summed E-state index contributed by atoms with van der Waals surface area (Å²) in [7, 11) is 0. The molecule has 0 unspecified atom stereocenters. The zero-order valence-electron chi connectivity index (χ0n) is 12.5. The van der Waals surface area contributed by atoms with E-state index in [1.807, 2.05) is 47.5 Å². The van der Waals surface area contributed by atoms with Gasteiger partial charge in [-0.3, -0.25) is 4.79 Å². The van der Waals surface area contributed by atoms with Gasteiger partial charge in [0, 0.05) is 11.4 Å². The van der Waals surface area contributed by atoms with Gasteiger partial charge >= 0.3 is 0 Å². The molecule has 0 atom stereocenters. The summed E-state index contributed by atoms with van der Waals surface area (Å²) in [6, 6.07) is 11.8. The van der Waals surface area contributed by atoms with Crippen LogP contribution in [0.2, 0.25) is 0 Å². The van der Waals surface area contributed by atoms with Gasteiger partial charge in [0.15, 0.2) is 6.61 Å². The van der Waals surface area contributed by atoms with Gasteiger partial charge in [-0.15, -0.1) is 11.3 Å². The highest BCUT2D eigenvalue weighted by Gasteiger charge is 2.14. The van der Waals surface area contributed by atoms with Crippen LogP contribution in [0.25, 0.3) is 0 Å². The monoisotopic (exact) mass is 303 g/mol. The number of carbonyl (C=O) groups excluding carboxylic acids is 1. The molecule has 0 aliphatic carbocycles.